The quantitative estimate of drug-likeness (QED) is 0.367. The molecular weight excluding hydrogens is 494 g/mol. The molecule has 4 atom stereocenters. The molecule has 2 amide bonds. The minimum atomic E-state index is -1.46. The van der Waals surface area contributed by atoms with E-state index in [9.17, 15) is 14.4 Å². The Balaban J connectivity index is 2.39. The Morgan fingerprint density at radius 2 is 1.53 bits per heavy atom. The van der Waals surface area contributed by atoms with E-state index in [1.807, 2.05) is 32.0 Å². The van der Waals surface area contributed by atoms with E-state index in [0.717, 1.165) is 0 Å². The summed E-state index contributed by atoms with van der Waals surface area (Å²) in [6, 6.07) is 7.71. The number of para-hydroxylation sites is 1. The lowest BCUT2D eigenvalue weighted by Crippen LogP contribution is -2.54. The van der Waals surface area contributed by atoms with E-state index in [0.29, 0.717) is 17.3 Å². The van der Waals surface area contributed by atoms with Crippen molar-refractivity contribution >= 4 is 18.2 Å². The third-order valence-corrected chi connectivity index (χ3v) is 5.11. The van der Waals surface area contributed by atoms with Crippen LogP contribution in [0.25, 0.3) is 0 Å². The van der Waals surface area contributed by atoms with Crippen molar-refractivity contribution < 1.29 is 42.8 Å². The first-order chi connectivity index (χ1) is 17.6. The molecule has 10 nitrogen and oxygen atoms in total. The Hall–Kier alpha value is -2.85. The second-order valence-electron chi connectivity index (χ2n) is 11.7. The Morgan fingerprint density at radius 1 is 0.974 bits per heavy atom. The second kappa shape index (κ2) is 13.3. The lowest BCUT2D eigenvalue weighted by atomic mass is 10.1. The van der Waals surface area contributed by atoms with Gasteiger partial charge in [-0.15, -0.1) is 0 Å². The molecule has 1 fully saturated rings. The van der Waals surface area contributed by atoms with Crippen LogP contribution in [0.5, 0.6) is 5.75 Å². The summed E-state index contributed by atoms with van der Waals surface area (Å²) in [5, 5.41) is 0. The topological polar surface area (TPSA) is 110 Å². The Bertz CT molecular complexity index is 892. The van der Waals surface area contributed by atoms with Gasteiger partial charge in [0.25, 0.3) is 0 Å². The fourth-order valence-electron chi connectivity index (χ4n) is 3.54. The third kappa shape index (κ3) is 10.1. The summed E-state index contributed by atoms with van der Waals surface area (Å²) in [5.74, 6) is -0.0446. The largest absolute Gasteiger partial charge is 0.485 e. The summed E-state index contributed by atoms with van der Waals surface area (Å²) in [4.78, 5) is 40.3. The van der Waals surface area contributed by atoms with E-state index >= 15 is 0 Å². The van der Waals surface area contributed by atoms with Crippen LogP contribution in [0.15, 0.2) is 30.3 Å². The number of ether oxygens (including phenoxy) is 6. The maximum atomic E-state index is 13.4. The van der Waals surface area contributed by atoms with Gasteiger partial charge in [0.1, 0.15) is 29.2 Å². The van der Waals surface area contributed by atoms with Gasteiger partial charge in [-0.3, -0.25) is 0 Å². The molecule has 1 aromatic carbocycles. The van der Waals surface area contributed by atoms with Crippen molar-refractivity contribution in [1.82, 2.24) is 4.90 Å². The number of esters is 1. The molecule has 1 saturated heterocycles. The maximum Gasteiger partial charge on any atom is 0.420 e. The van der Waals surface area contributed by atoms with Crippen molar-refractivity contribution in [1.29, 1.82) is 0 Å². The Kier molecular flexibility index (Phi) is 11.0. The van der Waals surface area contributed by atoms with Gasteiger partial charge in [-0.2, -0.15) is 4.90 Å². The number of amides is 2. The highest BCUT2D eigenvalue weighted by molar-refractivity contribution is 5.94. The number of nitrogens with zero attached hydrogens (tertiary/aromatic N) is 1. The summed E-state index contributed by atoms with van der Waals surface area (Å²) in [5.41, 5.74) is -1.86. The van der Waals surface area contributed by atoms with Gasteiger partial charge < -0.3 is 28.4 Å². The van der Waals surface area contributed by atoms with Gasteiger partial charge in [0.15, 0.2) is 12.1 Å². The standard InChI is InChI=1S/C28H43NO9/c1-18(2)15-34-23-19(3)35-24(30)21(16-33-17-22(23)36-20-13-11-10-12-14-20)29(25(31)37-27(4,5)6)26(32)38-28(7,8)9/h10-14,18-19,21-23H,15-17H2,1-9H3. The van der Waals surface area contributed by atoms with Crippen LogP contribution < -0.4 is 4.74 Å². The molecule has 2 rings (SSSR count). The van der Waals surface area contributed by atoms with Crippen molar-refractivity contribution in [2.75, 3.05) is 19.8 Å². The molecule has 1 aliphatic heterocycles. The minimum Gasteiger partial charge on any atom is -0.485 e. The van der Waals surface area contributed by atoms with E-state index in [4.69, 9.17) is 28.4 Å². The van der Waals surface area contributed by atoms with Gasteiger partial charge in [-0.05, 0) is 66.5 Å². The highest BCUT2D eigenvalue weighted by Crippen LogP contribution is 2.23. The lowest BCUT2D eigenvalue weighted by Gasteiger charge is -2.33. The van der Waals surface area contributed by atoms with Crippen LogP contribution in [-0.4, -0.2) is 78.4 Å². The third-order valence-electron chi connectivity index (χ3n) is 5.11. The number of carbonyl (C=O) groups is 3. The number of hydrogen-bond donors (Lipinski definition) is 0. The second-order valence-corrected chi connectivity index (χ2v) is 11.7. The van der Waals surface area contributed by atoms with Crippen molar-refractivity contribution in [3.63, 3.8) is 0 Å². The first-order valence-electron chi connectivity index (χ1n) is 12.9. The predicted molar refractivity (Wildman–Crippen MR) is 140 cm³/mol. The highest BCUT2D eigenvalue weighted by Gasteiger charge is 2.44. The van der Waals surface area contributed by atoms with Gasteiger partial charge >= 0.3 is 18.2 Å². The molecule has 0 saturated carbocycles. The Morgan fingerprint density at radius 3 is 2.03 bits per heavy atom. The number of imide groups is 1. The van der Waals surface area contributed by atoms with Gasteiger partial charge in [-0.25, -0.2) is 14.4 Å². The molecule has 4 unspecified atom stereocenters. The fourth-order valence-corrected chi connectivity index (χ4v) is 3.54. The average molecular weight is 538 g/mol. The van der Waals surface area contributed by atoms with Crippen LogP contribution in [0.1, 0.15) is 62.3 Å². The summed E-state index contributed by atoms with van der Waals surface area (Å²) in [6.45, 7) is 15.7. The maximum absolute atomic E-state index is 13.4. The Labute approximate surface area is 225 Å². The predicted octanol–water partition coefficient (Wildman–Crippen LogP) is 4.98. The molecule has 0 spiro atoms. The van der Waals surface area contributed by atoms with Gasteiger partial charge in [0, 0.05) is 6.61 Å². The van der Waals surface area contributed by atoms with E-state index < -0.39 is 53.7 Å². The zero-order valence-corrected chi connectivity index (χ0v) is 24.0. The first kappa shape index (κ1) is 31.4. The van der Waals surface area contributed by atoms with Crippen LogP contribution in [-0.2, 0) is 28.5 Å². The number of rotatable bonds is 6. The van der Waals surface area contributed by atoms with E-state index in [1.165, 1.54) is 0 Å². The van der Waals surface area contributed by atoms with E-state index in [2.05, 4.69) is 0 Å². The molecule has 38 heavy (non-hydrogen) atoms. The summed E-state index contributed by atoms with van der Waals surface area (Å²) in [6.07, 6.45) is -4.22. The monoisotopic (exact) mass is 537 g/mol. The smallest absolute Gasteiger partial charge is 0.420 e. The van der Waals surface area contributed by atoms with Crippen molar-refractivity contribution in [3.8, 4) is 5.75 Å². The van der Waals surface area contributed by atoms with Gasteiger partial charge in [0.2, 0.25) is 0 Å². The zero-order chi connectivity index (χ0) is 28.7. The fraction of sp³-hybridized carbons (Fsp3) is 0.679. The lowest BCUT2D eigenvalue weighted by molar-refractivity contribution is -0.166. The van der Waals surface area contributed by atoms with Crippen LogP contribution in [0.4, 0.5) is 9.59 Å². The van der Waals surface area contributed by atoms with E-state index in [-0.39, 0.29) is 19.1 Å². The SMILES string of the molecule is CC(C)COC1C(C)OC(=O)C(N(C(=O)OC(C)(C)C)C(=O)OC(C)(C)C)COCC1Oc1ccccc1. The molecule has 0 radical (unpaired) electrons. The highest BCUT2D eigenvalue weighted by atomic mass is 16.6. The van der Waals surface area contributed by atoms with Gasteiger partial charge in [0.05, 0.1) is 13.2 Å². The first-order valence-corrected chi connectivity index (χ1v) is 12.9. The number of benzene rings is 1. The molecule has 0 aliphatic carbocycles. The zero-order valence-electron chi connectivity index (χ0n) is 24.0. The summed E-state index contributed by atoms with van der Waals surface area (Å²) < 4.78 is 34.8. The number of hydrogen-bond acceptors (Lipinski definition) is 9. The van der Waals surface area contributed by atoms with Crippen LogP contribution >= 0.6 is 0 Å². The summed E-state index contributed by atoms with van der Waals surface area (Å²) in [7, 11) is 0. The van der Waals surface area contributed by atoms with Crippen LogP contribution in [0.3, 0.4) is 0 Å². The molecule has 0 aromatic heterocycles. The van der Waals surface area contributed by atoms with Crippen molar-refractivity contribution in [2.24, 2.45) is 5.92 Å². The average Bonchev–Trinajstić information content (AvgIpc) is 2.80. The normalized spacial score (nSPS) is 22.9. The number of carbonyl (C=O) groups excluding carboxylic acids is 3. The van der Waals surface area contributed by atoms with Crippen LogP contribution in [0, 0.1) is 5.92 Å². The molecule has 1 aliphatic rings. The molecule has 214 valence electrons. The van der Waals surface area contributed by atoms with Crippen molar-refractivity contribution in [2.45, 2.75) is 97.9 Å². The van der Waals surface area contributed by atoms with Gasteiger partial charge in [-0.1, -0.05) is 32.0 Å². The summed E-state index contributed by atoms with van der Waals surface area (Å²) >= 11 is 0. The molecule has 0 N–H and O–H groups in total. The van der Waals surface area contributed by atoms with Crippen molar-refractivity contribution in [3.05, 3.63) is 30.3 Å². The molecular formula is C28H43NO9. The molecule has 1 aromatic rings. The minimum absolute atomic E-state index is 0.00557. The van der Waals surface area contributed by atoms with E-state index in [1.54, 1.807) is 60.6 Å². The molecule has 1 heterocycles. The molecule has 10 heteroatoms. The van der Waals surface area contributed by atoms with Crippen LogP contribution in [0.2, 0.25) is 0 Å². The number of cyclic esters (lactones) is 1. The molecule has 0 bridgehead atoms.